The normalized spacial score (nSPS) is 10.5. The van der Waals surface area contributed by atoms with Crippen molar-refractivity contribution in [1.29, 1.82) is 0 Å². The van der Waals surface area contributed by atoms with Gasteiger partial charge in [0.25, 0.3) is 0 Å². The molecule has 0 bridgehead atoms. The Balaban J connectivity index is 2.38. The molecule has 2 rings (SSSR count). The summed E-state index contributed by atoms with van der Waals surface area (Å²) in [6, 6.07) is 11.7. The first-order chi connectivity index (χ1) is 7.31. The quantitative estimate of drug-likeness (QED) is 0.777. The highest BCUT2D eigenvalue weighted by atomic mass is 16.5. The molecule has 0 aliphatic rings. The average molecular weight is 202 g/mol. The molecule has 0 radical (unpaired) electrons. The van der Waals surface area contributed by atoms with Crippen LogP contribution >= 0.6 is 0 Å². The van der Waals surface area contributed by atoms with Crippen LogP contribution in [-0.2, 0) is 0 Å². The van der Waals surface area contributed by atoms with E-state index in [1.165, 1.54) is 5.06 Å². The summed E-state index contributed by atoms with van der Waals surface area (Å²) in [5.74, 6) is 0.607. The van der Waals surface area contributed by atoms with Gasteiger partial charge in [-0.05, 0) is 24.6 Å². The lowest BCUT2D eigenvalue weighted by molar-refractivity contribution is 0.251. The zero-order valence-electron chi connectivity index (χ0n) is 8.72. The number of rotatable bonds is 3. The van der Waals surface area contributed by atoms with E-state index in [0.29, 0.717) is 12.4 Å². The number of hydrogen-bond acceptors (Lipinski definition) is 3. The fourth-order valence-corrected chi connectivity index (χ4v) is 1.53. The Morgan fingerprint density at radius 2 is 2.00 bits per heavy atom. The van der Waals surface area contributed by atoms with Crippen molar-refractivity contribution in [3.63, 3.8) is 0 Å². The van der Waals surface area contributed by atoms with Crippen molar-refractivity contribution in [2.24, 2.45) is 0 Å². The smallest absolute Gasteiger partial charge is 0.152 e. The fraction of sp³-hybridized carbons (Fsp3) is 0.250. The van der Waals surface area contributed by atoms with Crippen molar-refractivity contribution in [2.75, 3.05) is 11.6 Å². The van der Waals surface area contributed by atoms with E-state index in [1.54, 1.807) is 0 Å². The number of fused-ring (bicyclic) bond motifs is 1. The Morgan fingerprint density at radius 1 is 1.20 bits per heavy atom. The minimum atomic E-state index is 0.603. The van der Waals surface area contributed by atoms with Gasteiger partial charge in [-0.2, -0.15) is 0 Å². The van der Waals surface area contributed by atoms with Crippen molar-refractivity contribution in [3.8, 4) is 0 Å². The van der Waals surface area contributed by atoms with Crippen molar-refractivity contribution >= 4 is 16.7 Å². The van der Waals surface area contributed by atoms with Gasteiger partial charge in [0.2, 0.25) is 0 Å². The van der Waals surface area contributed by atoms with E-state index in [2.05, 4.69) is 4.98 Å². The van der Waals surface area contributed by atoms with E-state index >= 15 is 0 Å². The van der Waals surface area contributed by atoms with Crippen LogP contribution in [0.4, 0.5) is 5.82 Å². The van der Waals surface area contributed by atoms with Gasteiger partial charge in [-0.25, -0.2) is 10.0 Å². The van der Waals surface area contributed by atoms with Crippen LogP contribution in [0.1, 0.15) is 13.3 Å². The molecular weight excluding hydrogens is 188 g/mol. The number of aromatic nitrogens is 1. The van der Waals surface area contributed by atoms with Crippen LogP contribution < -0.4 is 5.06 Å². The second-order valence-electron chi connectivity index (χ2n) is 3.49. The molecule has 15 heavy (non-hydrogen) atoms. The molecule has 0 amide bonds. The number of benzene rings is 1. The molecule has 0 unspecified atom stereocenters. The van der Waals surface area contributed by atoms with Gasteiger partial charge in [0.15, 0.2) is 5.82 Å². The Labute approximate surface area is 88.9 Å². The first kappa shape index (κ1) is 9.93. The highest BCUT2D eigenvalue weighted by Gasteiger charge is 2.03. The van der Waals surface area contributed by atoms with Gasteiger partial charge in [-0.1, -0.05) is 25.1 Å². The molecule has 0 atom stereocenters. The molecule has 0 aliphatic carbocycles. The van der Waals surface area contributed by atoms with E-state index in [1.807, 2.05) is 43.3 Å². The first-order valence-electron chi connectivity index (χ1n) is 5.13. The molecular formula is C12H14N2O. The Kier molecular flexibility index (Phi) is 2.83. The topological polar surface area (TPSA) is 36.4 Å². The molecule has 2 aromatic rings. The predicted octanol–water partition coefficient (Wildman–Crippen LogP) is 2.84. The first-order valence-corrected chi connectivity index (χ1v) is 5.13. The summed E-state index contributed by atoms with van der Waals surface area (Å²) in [7, 11) is 0. The maximum absolute atomic E-state index is 9.65. The van der Waals surface area contributed by atoms with Crippen molar-refractivity contribution < 1.29 is 5.21 Å². The Morgan fingerprint density at radius 3 is 2.80 bits per heavy atom. The molecule has 3 heteroatoms. The second kappa shape index (κ2) is 4.28. The maximum Gasteiger partial charge on any atom is 0.152 e. The largest absolute Gasteiger partial charge is 0.287 e. The summed E-state index contributed by atoms with van der Waals surface area (Å²) >= 11 is 0. The molecule has 1 N–H and O–H groups in total. The van der Waals surface area contributed by atoms with Crippen LogP contribution in [0.2, 0.25) is 0 Å². The lowest BCUT2D eigenvalue weighted by Gasteiger charge is -2.14. The minimum Gasteiger partial charge on any atom is -0.287 e. The van der Waals surface area contributed by atoms with Gasteiger partial charge in [0.05, 0.1) is 5.52 Å². The van der Waals surface area contributed by atoms with Crippen molar-refractivity contribution in [1.82, 2.24) is 4.98 Å². The third kappa shape index (κ3) is 2.07. The molecule has 0 aliphatic heterocycles. The van der Waals surface area contributed by atoms with Gasteiger partial charge in [0.1, 0.15) is 0 Å². The van der Waals surface area contributed by atoms with Crippen LogP contribution in [0.5, 0.6) is 0 Å². The number of nitrogens with zero attached hydrogens (tertiary/aromatic N) is 2. The summed E-state index contributed by atoms with van der Waals surface area (Å²) in [4.78, 5) is 4.37. The lowest BCUT2D eigenvalue weighted by Crippen LogP contribution is -2.19. The summed E-state index contributed by atoms with van der Waals surface area (Å²) in [6.45, 7) is 2.62. The number of hydrogen-bond donors (Lipinski definition) is 1. The third-order valence-corrected chi connectivity index (χ3v) is 2.28. The monoisotopic (exact) mass is 202 g/mol. The fourth-order valence-electron chi connectivity index (χ4n) is 1.53. The molecule has 0 saturated carbocycles. The standard InChI is InChI=1S/C12H14N2O/c1-2-9-14(15)12-8-7-10-5-3-4-6-11(10)13-12/h3-8,15H,2,9H2,1H3. The van der Waals surface area contributed by atoms with Crippen molar-refractivity contribution in [2.45, 2.75) is 13.3 Å². The minimum absolute atomic E-state index is 0.603. The zero-order valence-corrected chi connectivity index (χ0v) is 8.72. The second-order valence-corrected chi connectivity index (χ2v) is 3.49. The van der Waals surface area contributed by atoms with Crippen LogP contribution in [0.15, 0.2) is 36.4 Å². The van der Waals surface area contributed by atoms with E-state index in [-0.39, 0.29) is 0 Å². The zero-order chi connectivity index (χ0) is 10.7. The molecule has 0 saturated heterocycles. The summed E-state index contributed by atoms with van der Waals surface area (Å²) < 4.78 is 0. The summed E-state index contributed by atoms with van der Waals surface area (Å²) in [6.07, 6.45) is 0.894. The molecule has 0 fully saturated rings. The predicted molar refractivity (Wildman–Crippen MR) is 61.2 cm³/mol. The number of para-hydroxylation sites is 1. The van der Waals surface area contributed by atoms with E-state index in [0.717, 1.165) is 17.3 Å². The average Bonchev–Trinajstić information content (AvgIpc) is 2.29. The van der Waals surface area contributed by atoms with Crippen molar-refractivity contribution in [3.05, 3.63) is 36.4 Å². The van der Waals surface area contributed by atoms with E-state index < -0.39 is 0 Å². The van der Waals surface area contributed by atoms with Gasteiger partial charge in [-0.3, -0.25) is 5.21 Å². The SMILES string of the molecule is CCCN(O)c1ccc2ccccc2n1. The number of pyridine rings is 1. The molecule has 1 aromatic heterocycles. The Hall–Kier alpha value is -1.61. The third-order valence-electron chi connectivity index (χ3n) is 2.28. The number of anilines is 1. The molecule has 0 spiro atoms. The van der Waals surface area contributed by atoms with Crippen LogP contribution in [0.25, 0.3) is 10.9 Å². The van der Waals surface area contributed by atoms with Gasteiger partial charge in [-0.15, -0.1) is 0 Å². The number of hydroxylamine groups is 1. The summed E-state index contributed by atoms with van der Waals surface area (Å²) in [5.41, 5.74) is 0.908. The Bertz CT molecular complexity index is 456. The van der Waals surface area contributed by atoms with Gasteiger partial charge in [0, 0.05) is 11.9 Å². The maximum atomic E-state index is 9.65. The molecule has 78 valence electrons. The molecule has 3 nitrogen and oxygen atoms in total. The van der Waals surface area contributed by atoms with Gasteiger partial charge < -0.3 is 0 Å². The lowest BCUT2D eigenvalue weighted by atomic mass is 10.2. The van der Waals surface area contributed by atoms with E-state index in [9.17, 15) is 5.21 Å². The van der Waals surface area contributed by atoms with Crippen LogP contribution in [0.3, 0.4) is 0 Å². The highest BCUT2D eigenvalue weighted by Crippen LogP contribution is 2.16. The summed E-state index contributed by atoms with van der Waals surface area (Å²) in [5, 5.41) is 11.9. The van der Waals surface area contributed by atoms with Crippen LogP contribution in [0, 0.1) is 0 Å². The highest BCUT2D eigenvalue weighted by molar-refractivity contribution is 5.80. The van der Waals surface area contributed by atoms with Gasteiger partial charge >= 0.3 is 0 Å². The molecule has 1 aromatic carbocycles. The van der Waals surface area contributed by atoms with Crippen LogP contribution in [-0.4, -0.2) is 16.7 Å². The molecule has 1 heterocycles. The van der Waals surface area contributed by atoms with E-state index in [4.69, 9.17) is 0 Å².